The van der Waals surface area contributed by atoms with Gasteiger partial charge in [0.05, 0.1) is 28.6 Å². The molecule has 4 aromatic rings. The summed E-state index contributed by atoms with van der Waals surface area (Å²) in [6, 6.07) is 17.5. The smallest absolute Gasteiger partial charge is 0.262 e. The van der Waals surface area contributed by atoms with Crippen LogP contribution in [0, 0.1) is 5.82 Å². The number of ether oxygens (including phenoxy) is 1. The van der Waals surface area contributed by atoms with Crippen molar-refractivity contribution in [3.8, 4) is 17.1 Å². The van der Waals surface area contributed by atoms with E-state index in [9.17, 15) is 14.0 Å². The van der Waals surface area contributed by atoms with E-state index in [2.05, 4.69) is 10.3 Å². The van der Waals surface area contributed by atoms with Crippen molar-refractivity contribution in [1.82, 2.24) is 9.55 Å². The van der Waals surface area contributed by atoms with Crippen molar-refractivity contribution in [2.24, 2.45) is 0 Å². The molecule has 31 heavy (non-hydrogen) atoms. The Labute approximate surface area is 181 Å². The fourth-order valence-electron chi connectivity index (χ4n) is 3.25. The second-order valence-corrected chi connectivity index (χ2v) is 7.13. The minimum Gasteiger partial charge on any atom is -0.495 e. The molecule has 8 heteroatoms. The summed E-state index contributed by atoms with van der Waals surface area (Å²) in [6.07, 6.45) is 0. The Balaban J connectivity index is 1.75. The zero-order valence-corrected chi connectivity index (χ0v) is 17.2. The van der Waals surface area contributed by atoms with Crippen LogP contribution >= 0.6 is 11.6 Å². The second-order valence-electron chi connectivity index (χ2n) is 6.72. The minimum absolute atomic E-state index is 0.0738. The molecule has 0 aliphatic heterocycles. The van der Waals surface area contributed by atoms with Gasteiger partial charge in [0, 0.05) is 5.69 Å². The Morgan fingerprint density at radius 2 is 1.87 bits per heavy atom. The van der Waals surface area contributed by atoms with Crippen LogP contribution in [0.4, 0.5) is 10.1 Å². The highest BCUT2D eigenvalue weighted by Gasteiger charge is 2.18. The van der Waals surface area contributed by atoms with E-state index in [0.29, 0.717) is 27.4 Å². The van der Waals surface area contributed by atoms with Gasteiger partial charge >= 0.3 is 0 Å². The number of hydrogen-bond donors (Lipinski definition) is 1. The third kappa shape index (κ3) is 4.13. The summed E-state index contributed by atoms with van der Waals surface area (Å²) in [7, 11) is 1.49. The maximum absolute atomic E-state index is 14.5. The lowest BCUT2D eigenvalue weighted by Crippen LogP contribution is -2.30. The number of nitrogens with zero attached hydrogens (tertiary/aromatic N) is 2. The lowest BCUT2D eigenvalue weighted by molar-refractivity contribution is -0.116. The predicted octanol–water partition coefficient (Wildman–Crippen LogP) is 4.50. The van der Waals surface area contributed by atoms with Gasteiger partial charge in [-0.15, -0.1) is 0 Å². The van der Waals surface area contributed by atoms with Gasteiger partial charge in [0.15, 0.2) is 0 Å². The number of rotatable bonds is 5. The number of para-hydroxylation sites is 1. The van der Waals surface area contributed by atoms with Crippen LogP contribution < -0.4 is 15.6 Å². The van der Waals surface area contributed by atoms with Gasteiger partial charge in [-0.2, -0.15) is 0 Å². The predicted molar refractivity (Wildman–Crippen MR) is 118 cm³/mol. The van der Waals surface area contributed by atoms with E-state index >= 15 is 0 Å². The summed E-state index contributed by atoms with van der Waals surface area (Å²) in [5.74, 6) is -0.486. The molecule has 0 saturated heterocycles. The van der Waals surface area contributed by atoms with Crippen molar-refractivity contribution in [3.05, 3.63) is 87.9 Å². The highest BCUT2D eigenvalue weighted by molar-refractivity contribution is 6.32. The number of carbonyl (C=O) groups excluding carboxylic acids is 1. The summed E-state index contributed by atoms with van der Waals surface area (Å²) in [5, 5.41) is 3.36. The lowest BCUT2D eigenvalue weighted by Gasteiger charge is -2.14. The molecule has 156 valence electrons. The van der Waals surface area contributed by atoms with Crippen LogP contribution in [-0.2, 0) is 11.3 Å². The van der Waals surface area contributed by atoms with E-state index in [0.717, 1.165) is 0 Å². The molecule has 0 bridgehead atoms. The standard InChI is InChI=1S/C23H17ClFN3O3/c1-31-20-11-10-14(12-17(20)24)26-21(29)13-28-22(15-6-2-4-8-18(15)25)27-19-9-5-3-7-16(19)23(28)30/h2-12H,13H2,1H3,(H,26,29). The fraction of sp³-hybridized carbons (Fsp3) is 0.0870. The number of fused-ring (bicyclic) bond motifs is 1. The average molecular weight is 438 g/mol. The molecule has 1 N–H and O–H groups in total. The molecule has 1 aromatic heterocycles. The van der Waals surface area contributed by atoms with Crippen molar-refractivity contribution >= 4 is 34.1 Å². The molecular weight excluding hydrogens is 421 g/mol. The topological polar surface area (TPSA) is 73.2 Å². The van der Waals surface area contributed by atoms with E-state index in [1.165, 1.54) is 29.9 Å². The Morgan fingerprint density at radius 3 is 2.61 bits per heavy atom. The lowest BCUT2D eigenvalue weighted by atomic mass is 10.1. The first-order chi connectivity index (χ1) is 15.0. The Morgan fingerprint density at radius 1 is 1.13 bits per heavy atom. The molecule has 6 nitrogen and oxygen atoms in total. The first kappa shape index (κ1) is 20.6. The quantitative estimate of drug-likeness (QED) is 0.499. The van der Waals surface area contributed by atoms with Crippen molar-refractivity contribution in [2.45, 2.75) is 6.54 Å². The number of amides is 1. The highest BCUT2D eigenvalue weighted by Crippen LogP contribution is 2.27. The molecule has 1 heterocycles. The minimum atomic E-state index is -0.541. The van der Waals surface area contributed by atoms with Crippen LogP contribution in [0.3, 0.4) is 0 Å². The third-order valence-corrected chi connectivity index (χ3v) is 5.01. The van der Waals surface area contributed by atoms with Gasteiger partial charge in [0.1, 0.15) is 23.9 Å². The number of anilines is 1. The zero-order valence-electron chi connectivity index (χ0n) is 16.4. The van der Waals surface area contributed by atoms with Crippen molar-refractivity contribution in [2.75, 3.05) is 12.4 Å². The zero-order chi connectivity index (χ0) is 22.0. The van der Waals surface area contributed by atoms with Gasteiger partial charge in [-0.1, -0.05) is 35.9 Å². The van der Waals surface area contributed by atoms with Crippen LogP contribution in [0.2, 0.25) is 5.02 Å². The van der Waals surface area contributed by atoms with Crippen molar-refractivity contribution in [3.63, 3.8) is 0 Å². The van der Waals surface area contributed by atoms with Crippen molar-refractivity contribution < 1.29 is 13.9 Å². The molecule has 3 aromatic carbocycles. The van der Waals surface area contributed by atoms with E-state index in [4.69, 9.17) is 16.3 Å². The summed E-state index contributed by atoms with van der Waals surface area (Å²) in [5.41, 5.74) is 0.548. The monoisotopic (exact) mass is 437 g/mol. The maximum Gasteiger partial charge on any atom is 0.262 e. The maximum atomic E-state index is 14.5. The van der Waals surface area contributed by atoms with Crippen LogP contribution in [-0.4, -0.2) is 22.6 Å². The summed E-state index contributed by atoms with van der Waals surface area (Å²) >= 11 is 6.10. The Hall–Kier alpha value is -3.71. The van der Waals surface area contributed by atoms with Crippen LogP contribution in [0.15, 0.2) is 71.5 Å². The highest BCUT2D eigenvalue weighted by atomic mass is 35.5. The normalized spacial score (nSPS) is 10.8. The number of nitrogens with one attached hydrogen (secondary N) is 1. The van der Waals surface area contributed by atoms with Gasteiger partial charge in [0.2, 0.25) is 5.91 Å². The van der Waals surface area contributed by atoms with Gasteiger partial charge in [-0.25, -0.2) is 9.37 Å². The SMILES string of the molecule is COc1ccc(NC(=O)Cn2c(-c3ccccc3F)nc3ccccc3c2=O)cc1Cl. The number of halogens is 2. The molecule has 1 amide bonds. The first-order valence-corrected chi connectivity index (χ1v) is 9.73. The summed E-state index contributed by atoms with van der Waals surface area (Å²) in [6.45, 7) is -0.357. The van der Waals surface area contributed by atoms with Gasteiger partial charge in [-0.05, 0) is 42.5 Å². The van der Waals surface area contributed by atoms with Crippen molar-refractivity contribution in [1.29, 1.82) is 0 Å². The Kier molecular flexibility index (Phi) is 5.68. The first-order valence-electron chi connectivity index (χ1n) is 9.36. The molecular formula is C23H17ClFN3O3. The Bertz CT molecular complexity index is 1350. The van der Waals surface area contributed by atoms with E-state index in [-0.39, 0.29) is 17.9 Å². The van der Waals surface area contributed by atoms with Gasteiger partial charge in [0.25, 0.3) is 5.56 Å². The number of aromatic nitrogens is 2. The van der Waals surface area contributed by atoms with E-state index in [1.54, 1.807) is 48.5 Å². The molecule has 0 fully saturated rings. The molecule has 0 radical (unpaired) electrons. The molecule has 0 aliphatic carbocycles. The molecule has 0 saturated carbocycles. The van der Waals surface area contributed by atoms with Gasteiger partial charge < -0.3 is 10.1 Å². The number of hydrogen-bond acceptors (Lipinski definition) is 4. The largest absolute Gasteiger partial charge is 0.495 e. The average Bonchev–Trinajstić information content (AvgIpc) is 2.76. The fourth-order valence-corrected chi connectivity index (χ4v) is 3.51. The molecule has 0 aliphatic rings. The third-order valence-electron chi connectivity index (χ3n) is 4.71. The van der Waals surface area contributed by atoms with Crippen LogP contribution in [0.5, 0.6) is 5.75 Å². The number of carbonyl (C=O) groups is 1. The molecule has 0 unspecified atom stereocenters. The number of benzene rings is 3. The van der Waals surface area contributed by atoms with Gasteiger partial charge in [-0.3, -0.25) is 14.2 Å². The summed E-state index contributed by atoms with van der Waals surface area (Å²) < 4.78 is 20.8. The van der Waals surface area contributed by atoms with E-state index in [1.807, 2.05) is 0 Å². The van der Waals surface area contributed by atoms with E-state index < -0.39 is 17.3 Å². The molecule has 0 spiro atoms. The summed E-state index contributed by atoms with van der Waals surface area (Å²) in [4.78, 5) is 30.3. The van der Waals surface area contributed by atoms with Crippen LogP contribution in [0.25, 0.3) is 22.3 Å². The second kappa shape index (κ2) is 8.57. The molecule has 4 rings (SSSR count). The number of methoxy groups -OCH3 is 1. The van der Waals surface area contributed by atoms with Crippen LogP contribution in [0.1, 0.15) is 0 Å². The molecule has 0 atom stereocenters.